The molecule has 0 atom stereocenters. The minimum Gasteiger partial charge on any atom is -0.325 e. The lowest BCUT2D eigenvalue weighted by Crippen LogP contribution is -2.16. The van der Waals surface area contributed by atoms with Crippen LogP contribution in [0.4, 0.5) is 5.69 Å². The number of hydrogen-bond acceptors (Lipinski definition) is 6. The van der Waals surface area contributed by atoms with Gasteiger partial charge in [0.15, 0.2) is 11.0 Å². The molecule has 3 aromatic rings. The number of nitrogens with one attached hydrogen (secondary N) is 1. The second-order valence-electron chi connectivity index (χ2n) is 5.74. The lowest BCUT2D eigenvalue weighted by Gasteiger charge is -2.11. The molecule has 0 unspecified atom stereocenters. The Morgan fingerprint density at radius 1 is 1.19 bits per heavy atom. The number of rotatable bonds is 6. The highest BCUT2D eigenvalue weighted by Gasteiger charge is 2.16. The largest absolute Gasteiger partial charge is 0.325 e. The normalized spacial score (nSPS) is 10.7. The maximum Gasteiger partial charge on any atom is 0.234 e. The Bertz CT molecular complexity index is 889. The van der Waals surface area contributed by atoms with Gasteiger partial charge in [-0.05, 0) is 31.9 Å². The molecule has 26 heavy (non-hydrogen) atoms. The van der Waals surface area contributed by atoms with E-state index >= 15 is 0 Å². The number of carbonyl (C=O) groups excluding carboxylic acids is 1. The smallest absolute Gasteiger partial charge is 0.234 e. The third-order valence-corrected chi connectivity index (χ3v) is 4.87. The summed E-state index contributed by atoms with van der Waals surface area (Å²) in [7, 11) is 0. The summed E-state index contributed by atoms with van der Waals surface area (Å²) in [6.45, 7) is 6.65. The predicted molar refractivity (Wildman–Crippen MR) is 102 cm³/mol. The summed E-state index contributed by atoms with van der Waals surface area (Å²) in [6, 6.07) is 5.94. The highest BCUT2D eigenvalue weighted by atomic mass is 32.2. The van der Waals surface area contributed by atoms with Gasteiger partial charge in [0.05, 0.1) is 11.9 Å². The van der Waals surface area contributed by atoms with Gasteiger partial charge in [-0.15, -0.1) is 10.2 Å². The van der Waals surface area contributed by atoms with Gasteiger partial charge in [-0.25, -0.2) is 4.98 Å². The van der Waals surface area contributed by atoms with E-state index in [9.17, 15) is 4.79 Å². The second-order valence-corrected chi connectivity index (χ2v) is 6.69. The summed E-state index contributed by atoms with van der Waals surface area (Å²) >= 11 is 1.36. The van der Waals surface area contributed by atoms with Crippen LogP contribution in [0.1, 0.15) is 18.1 Å². The summed E-state index contributed by atoms with van der Waals surface area (Å²) in [5, 5.41) is 12.1. The Kier molecular flexibility index (Phi) is 5.62. The standard InChI is InChI=1S/C18H20N6OS/c1-4-24-17(14-10-19-8-9-20-14)22-23-18(24)26-11-15(25)21-16-12(2)6-5-7-13(16)3/h5-10H,4,11H2,1-3H3,(H,21,25). The van der Waals surface area contributed by atoms with E-state index in [4.69, 9.17) is 0 Å². The monoisotopic (exact) mass is 368 g/mol. The molecule has 0 spiro atoms. The minimum atomic E-state index is -0.0703. The maximum atomic E-state index is 12.4. The summed E-state index contributed by atoms with van der Waals surface area (Å²) in [6.07, 6.45) is 4.89. The van der Waals surface area contributed by atoms with Crippen LogP contribution in [0.5, 0.6) is 0 Å². The molecular formula is C18H20N6OS. The van der Waals surface area contributed by atoms with Crippen molar-refractivity contribution in [2.45, 2.75) is 32.5 Å². The number of carbonyl (C=O) groups is 1. The van der Waals surface area contributed by atoms with Gasteiger partial charge < -0.3 is 9.88 Å². The van der Waals surface area contributed by atoms with Crippen LogP contribution in [-0.2, 0) is 11.3 Å². The SMILES string of the molecule is CCn1c(SCC(=O)Nc2c(C)cccc2C)nnc1-c1cnccn1. The van der Waals surface area contributed by atoms with Crippen molar-refractivity contribution in [2.75, 3.05) is 11.1 Å². The van der Waals surface area contributed by atoms with Gasteiger partial charge in [0, 0.05) is 24.6 Å². The van der Waals surface area contributed by atoms with Gasteiger partial charge in [0.25, 0.3) is 0 Å². The molecule has 7 nitrogen and oxygen atoms in total. The molecule has 1 N–H and O–H groups in total. The molecule has 134 valence electrons. The van der Waals surface area contributed by atoms with Gasteiger partial charge in [0.2, 0.25) is 5.91 Å². The van der Waals surface area contributed by atoms with E-state index in [1.807, 2.05) is 43.5 Å². The molecule has 2 aromatic heterocycles. The molecular weight excluding hydrogens is 348 g/mol. The quantitative estimate of drug-likeness (QED) is 0.673. The van der Waals surface area contributed by atoms with Crippen molar-refractivity contribution < 1.29 is 4.79 Å². The first kappa shape index (κ1) is 18.1. The van der Waals surface area contributed by atoms with E-state index in [1.54, 1.807) is 18.6 Å². The van der Waals surface area contributed by atoms with Gasteiger partial charge in [-0.3, -0.25) is 9.78 Å². The molecule has 0 saturated carbocycles. The Morgan fingerprint density at radius 3 is 2.62 bits per heavy atom. The fraction of sp³-hybridized carbons (Fsp3) is 0.278. The van der Waals surface area contributed by atoms with Gasteiger partial charge in [-0.2, -0.15) is 0 Å². The number of aryl methyl sites for hydroxylation is 2. The van der Waals surface area contributed by atoms with Crippen molar-refractivity contribution >= 4 is 23.4 Å². The molecule has 0 aliphatic carbocycles. The second kappa shape index (κ2) is 8.09. The first-order valence-electron chi connectivity index (χ1n) is 8.28. The summed E-state index contributed by atoms with van der Waals surface area (Å²) in [5.74, 6) is 0.837. The average Bonchev–Trinajstić information content (AvgIpc) is 3.07. The molecule has 3 rings (SSSR count). The molecule has 0 saturated heterocycles. The van der Waals surface area contributed by atoms with E-state index in [-0.39, 0.29) is 11.7 Å². The van der Waals surface area contributed by atoms with Crippen molar-refractivity contribution in [3.63, 3.8) is 0 Å². The van der Waals surface area contributed by atoms with E-state index < -0.39 is 0 Å². The first-order valence-corrected chi connectivity index (χ1v) is 9.27. The van der Waals surface area contributed by atoms with Crippen molar-refractivity contribution in [3.05, 3.63) is 47.9 Å². The Balaban J connectivity index is 1.70. The zero-order chi connectivity index (χ0) is 18.5. The van der Waals surface area contributed by atoms with Crippen LogP contribution >= 0.6 is 11.8 Å². The van der Waals surface area contributed by atoms with Crippen molar-refractivity contribution in [1.29, 1.82) is 0 Å². The first-order chi connectivity index (χ1) is 12.6. The van der Waals surface area contributed by atoms with Gasteiger partial charge in [0.1, 0.15) is 5.69 Å². The highest BCUT2D eigenvalue weighted by molar-refractivity contribution is 7.99. The molecule has 1 aromatic carbocycles. The van der Waals surface area contributed by atoms with Crippen molar-refractivity contribution in [3.8, 4) is 11.5 Å². The van der Waals surface area contributed by atoms with Crippen molar-refractivity contribution in [1.82, 2.24) is 24.7 Å². The van der Waals surface area contributed by atoms with Crippen LogP contribution in [0, 0.1) is 13.8 Å². The third kappa shape index (κ3) is 3.91. The summed E-state index contributed by atoms with van der Waals surface area (Å²) < 4.78 is 1.93. The number of benzene rings is 1. The van der Waals surface area contributed by atoms with E-state index in [2.05, 4.69) is 25.5 Å². The minimum absolute atomic E-state index is 0.0703. The number of para-hydroxylation sites is 1. The lowest BCUT2D eigenvalue weighted by molar-refractivity contribution is -0.113. The molecule has 2 heterocycles. The Labute approximate surface area is 156 Å². The number of thioether (sulfide) groups is 1. The lowest BCUT2D eigenvalue weighted by atomic mass is 10.1. The van der Waals surface area contributed by atoms with Crippen LogP contribution < -0.4 is 5.32 Å². The number of amides is 1. The van der Waals surface area contributed by atoms with Crippen molar-refractivity contribution in [2.24, 2.45) is 0 Å². The number of nitrogens with zero attached hydrogens (tertiary/aromatic N) is 5. The summed E-state index contributed by atoms with van der Waals surface area (Å²) in [4.78, 5) is 20.7. The summed E-state index contributed by atoms with van der Waals surface area (Å²) in [5.41, 5.74) is 3.62. The Morgan fingerprint density at radius 2 is 1.96 bits per heavy atom. The van der Waals surface area contributed by atoms with Crippen LogP contribution in [0.3, 0.4) is 0 Å². The fourth-order valence-corrected chi connectivity index (χ4v) is 3.40. The molecule has 0 aliphatic heterocycles. The van der Waals surface area contributed by atoms with Gasteiger partial charge in [-0.1, -0.05) is 30.0 Å². The van der Waals surface area contributed by atoms with Crippen LogP contribution in [-0.4, -0.2) is 36.4 Å². The number of hydrogen-bond donors (Lipinski definition) is 1. The molecule has 0 radical (unpaired) electrons. The highest BCUT2D eigenvalue weighted by Crippen LogP contribution is 2.23. The number of aromatic nitrogens is 5. The predicted octanol–water partition coefficient (Wildman–Crippen LogP) is 3.10. The molecule has 0 fully saturated rings. The zero-order valence-electron chi connectivity index (χ0n) is 14.9. The van der Waals surface area contributed by atoms with E-state index in [0.717, 1.165) is 16.8 Å². The fourth-order valence-electron chi connectivity index (χ4n) is 2.60. The van der Waals surface area contributed by atoms with Crippen LogP contribution in [0.15, 0.2) is 41.9 Å². The molecule has 1 amide bonds. The Hall–Kier alpha value is -2.74. The van der Waals surface area contributed by atoms with E-state index in [0.29, 0.717) is 23.2 Å². The molecule has 8 heteroatoms. The third-order valence-electron chi connectivity index (χ3n) is 3.90. The van der Waals surface area contributed by atoms with Crippen LogP contribution in [0.2, 0.25) is 0 Å². The maximum absolute atomic E-state index is 12.4. The number of anilines is 1. The van der Waals surface area contributed by atoms with Gasteiger partial charge >= 0.3 is 0 Å². The average molecular weight is 368 g/mol. The topological polar surface area (TPSA) is 85.6 Å². The van der Waals surface area contributed by atoms with Crippen LogP contribution in [0.25, 0.3) is 11.5 Å². The van der Waals surface area contributed by atoms with E-state index in [1.165, 1.54) is 11.8 Å². The molecule has 0 bridgehead atoms. The zero-order valence-corrected chi connectivity index (χ0v) is 15.7. The molecule has 0 aliphatic rings.